The molecule has 0 bridgehead atoms. The van der Waals surface area contributed by atoms with Crippen LogP contribution in [0.2, 0.25) is 5.02 Å². The lowest BCUT2D eigenvalue weighted by Crippen LogP contribution is -2.22. The average Bonchev–Trinajstić information content (AvgIpc) is 2.51. The van der Waals surface area contributed by atoms with Crippen molar-refractivity contribution in [2.24, 2.45) is 0 Å². The van der Waals surface area contributed by atoms with E-state index in [-0.39, 0.29) is 12.5 Å². The fourth-order valence-corrected chi connectivity index (χ4v) is 2.12. The van der Waals surface area contributed by atoms with Crippen LogP contribution in [0.1, 0.15) is 17.1 Å². The van der Waals surface area contributed by atoms with E-state index in [2.05, 4.69) is 15.3 Å². The van der Waals surface area contributed by atoms with E-state index in [9.17, 15) is 4.79 Å². The highest BCUT2D eigenvalue weighted by Crippen LogP contribution is 2.16. The average molecular weight is 331 g/mol. The first kappa shape index (κ1) is 17.0. The highest BCUT2D eigenvalue weighted by Gasteiger charge is 2.05. The maximum absolute atomic E-state index is 11.9. The normalized spacial score (nSPS) is 10.8. The van der Waals surface area contributed by atoms with Gasteiger partial charge in [-0.25, -0.2) is 9.97 Å². The second-order valence-corrected chi connectivity index (χ2v) is 5.66. The Morgan fingerprint density at radius 3 is 2.74 bits per heavy atom. The van der Waals surface area contributed by atoms with Gasteiger partial charge in [0.05, 0.1) is 6.54 Å². The van der Waals surface area contributed by atoms with E-state index in [1.807, 2.05) is 50.2 Å². The number of nitrogens with zero attached hydrogens (tertiary/aromatic N) is 3. The van der Waals surface area contributed by atoms with Crippen LogP contribution in [0.5, 0.6) is 0 Å². The Labute approximate surface area is 141 Å². The molecule has 0 radical (unpaired) electrons. The van der Waals surface area contributed by atoms with Crippen molar-refractivity contribution in [2.75, 3.05) is 19.0 Å². The molecule has 5 nitrogen and oxygen atoms in total. The fourth-order valence-electron chi connectivity index (χ4n) is 1.92. The highest BCUT2D eigenvalue weighted by atomic mass is 35.5. The van der Waals surface area contributed by atoms with Gasteiger partial charge in [0.25, 0.3) is 0 Å². The van der Waals surface area contributed by atoms with Crippen molar-refractivity contribution < 1.29 is 4.79 Å². The molecule has 0 aliphatic rings. The maximum Gasteiger partial charge on any atom is 0.244 e. The van der Waals surface area contributed by atoms with Crippen LogP contribution in [0.15, 0.2) is 36.4 Å². The third kappa shape index (κ3) is 5.07. The summed E-state index contributed by atoms with van der Waals surface area (Å²) in [4.78, 5) is 22.5. The first-order valence-electron chi connectivity index (χ1n) is 7.18. The number of rotatable bonds is 5. The van der Waals surface area contributed by atoms with E-state index in [0.717, 1.165) is 17.1 Å². The molecule has 0 fully saturated rings. The minimum atomic E-state index is -0.221. The molecule has 1 amide bonds. The molecule has 0 aliphatic carbocycles. The molecule has 0 aliphatic heterocycles. The molecule has 0 atom stereocenters. The number of carbonyl (C=O) groups is 1. The van der Waals surface area contributed by atoms with Crippen LogP contribution in [0.3, 0.4) is 0 Å². The second kappa shape index (κ2) is 7.74. The number of hydrogen-bond donors (Lipinski definition) is 1. The van der Waals surface area contributed by atoms with Crippen LogP contribution >= 0.6 is 11.6 Å². The van der Waals surface area contributed by atoms with Crippen molar-refractivity contribution in [2.45, 2.75) is 13.5 Å². The largest absolute Gasteiger partial charge is 0.363 e. The molecule has 1 heterocycles. The number of hydrogen-bond acceptors (Lipinski definition) is 4. The summed E-state index contributed by atoms with van der Waals surface area (Å²) in [6.07, 6.45) is 3.13. The van der Waals surface area contributed by atoms with E-state index in [1.54, 1.807) is 12.1 Å². The lowest BCUT2D eigenvalue weighted by atomic mass is 10.2. The Morgan fingerprint density at radius 2 is 2.04 bits per heavy atom. The van der Waals surface area contributed by atoms with Crippen molar-refractivity contribution in [3.63, 3.8) is 0 Å². The molecule has 0 saturated carbocycles. The number of amides is 1. The van der Waals surface area contributed by atoms with Crippen molar-refractivity contribution in [3.05, 3.63) is 58.5 Å². The topological polar surface area (TPSA) is 58.1 Å². The van der Waals surface area contributed by atoms with Crippen molar-refractivity contribution in [1.82, 2.24) is 15.3 Å². The zero-order valence-electron chi connectivity index (χ0n) is 13.4. The van der Waals surface area contributed by atoms with Gasteiger partial charge in [-0.05, 0) is 24.6 Å². The summed E-state index contributed by atoms with van der Waals surface area (Å²) in [5.74, 6) is 1.17. The monoisotopic (exact) mass is 330 g/mol. The molecule has 23 heavy (non-hydrogen) atoms. The molecular weight excluding hydrogens is 312 g/mol. The van der Waals surface area contributed by atoms with Crippen LogP contribution < -0.4 is 10.2 Å². The molecule has 0 saturated heterocycles. The Kier molecular flexibility index (Phi) is 5.71. The summed E-state index contributed by atoms with van der Waals surface area (Å²) in [5.41, 5.74) is 1.66. The van der Waals surface area contributed by atoms with Crippen molar-refractivity contribution in [3.8, 4) is 0 Å². The summed E-state index contributed by atoms with van der Waals surface area (Å²) in [7, 11) is 3.83. The molecule has 2 rings (SSSR count). The van der Waals surface area contributed by atoms with Crippen LogP contribution in [0.25, 0.3) is 6.08 Å². The van der Waals surface area contributed by atoms with Gasteiger partial charge in [0.15, 0.2) is 0 Å². The number of anilines is 1. The quantitative estimate of drug-likeness (QED) is 0.856. The summed E-state index contributed by atoms with van der Waals surface area (Å²) >= 11 is 6.04. The molecule has 1 aromatic heterocycles. The molecule has 1 aromatic carbocycles. The van der Waals surface area contributed by atoms with E-state index in [0.29, 0.717) is 10.8 Å². The lowest BCUT2D eigenvalue weighted by Gasteiger charge is -2.13. The van der Waals surface area contributed by atoms with Crippen LogP contribution in [0, 0.1) is 6.92 Å². The minimum Gasteiger partial charge on any atom is -0.363 e. The summed E-state index contributed by atoms with van der Waals surface area (Å²) in [6.45, 7) is 2.17. The van der Waals surface area contributed by atoms with E-state index >= 15 is 0 Å². The molecular formula is C17H19ClN4O. The van der Waals surface area contributed by atoms with Gasteiger partial charge >= 0.3 is 0 Å². The number of benzene rings is 1. The van der Waals surface area contributed by atoms with Crippen molar-refractivity contribution >= 4 is 29.4 Å². The fraction of sp³-hybridized carbons (Fsp3) is 0.235. The van der Waals surface area contributed by atoms with E-state index < -0.39 is 0 Å². The first-order chi connectivity index (χ1) is 11.0. The highest BCUT2D eigenvalue weighted by molar-refractivity contribution is 6.32. The van der Waals surface area contributed by atoms with E-state index in [4.69, 9.17) is 11.6 Å². The Balaban J connectivity index is 1.98. The number of carbonyl (C=O) groups excluding carboxylic acids is 1. The molecule has 120 valence electrons. The van der Waals surface area contributed by atoms with Gasteiger partial charge in [-0.15, -0.1) is 0 Å². The standard InChI is InChI=1S/C17H19ClN4O/c1-12-10-16(22(2)3)21-15(20-12)11-19-17(23)9-8-13-6-4-5-7-14(13)18/h4-10H,11H2,1-3H3,(H,19,23)/b9-8+. The third-order valence-corrected chi connectivity index (χ3v) is 3.43. The molecule has 2 aromatic rings. The minimum absolute atomic E-state index is 0.221. The zero-order chi connectivity index (χ0) is 16.8. The summed E-state index contributed by atoms with van der Waals surface area (Å²) < 4.78 is 0. The van der Waals surface area contributed by atoms with Gasteiger partial charge in [0, 0.05) is 37.0 Å². The van der Waals surface area contributed by atoms with Crippen LogP contribution in [-0.2, 0) is 11.3 Å². The number of aryl methyl sites for hydroxylation is 1. The molecule has 0 unspecified atom stereocenters. The van der Waals surface area contributed by atoms with Crippen LogP contribution in [0.4, 0.5) is 5.82 Å². The Bertz CT molecular complexity index is 728. The zero-order valence-corrected chi connectivity index (χ0v) is 14.1. The molecule has 0 spiro atoms. The molecule has 6 heteroatoms. The van der Waals surface area contributed by atoms with Gasteiger partial charge in [-0.2, -0.15) is 0 Å². The van der Waals surface area contributed by atoms with Gasteiger partial charge in [0.2, 0.25) is 5.91 Å². The maximum atomic E-state index is 11.9. The van der Waals surface area contributed by atoms with Crippen LogP contribution in [-0.4, -0.2) is 30.0 Å². The van der Waals surface area contributed by atoms with Gasteiger partial charge in [-0.3, -0.25) is 4.79 Å². The lowest BCUT2D eigenvalue weighted by molar-refractivity contribution is -0.116. The molecule has 1 N–H and O–H groups in total. The smallest absolute Gasteiger partial charge is 0.244 e. The second-order valence-electron chi connectivity index (χ2n) is 5.25. The van der Waals surface area contributed by atoms with Gasteiger partial charge < -0.3 is 10.2 Å². The van der Waals surface area contributed by atoms with Crippen molar-refractivity contribution in [1.29, 1.82) is 0 Å². The SMILES string of the molecule is Cc1cc(N(C)C)nc(CNC(=O)/C=C/c2ccccc2Cl)n1. The van der Waals surface area contributed by atoms with Gasteiger partial charge in [0.1, 0.15) is 11.6 Å². The predicted molar refractivity (Wildman–Crippen MR) is 93.4 cm³/mol. The number of aromatic nitrogens is 2. The predicted octanol–water partition coefficient (Wildman–Crippen LogP) is 2.83. The number of nitrogens with one attached hydrogen (secondary N) is 1. The summed E-state index contributed by atoms with van der Waals surface area (Å²) in [5, 5.41) is 3.38. The Hall–Kier alpha value is -2.40. The first-order valence-corrected chi connectivity index (χ1v) is 7.56. The van der Waals surface area contributed by atoms with Gasteiger partial charge in [-0.1, -0.05) is 29.8 Å². The summed E-state index contributed by atoms with van der Waals surface area (Å²) in [6, 6.07) is 9.23. The number of halogens is 1. The third-order valence-electron chi connectivity index (χ3n) is 3.09. The van der Waals surface area contributed by atoms with E-state index in [1.165, 1.54) is 6.08 Å². The Morgan fingerprint density at radius 1 is 1.30 bits per heavy atom.